The van der Waals surface area contributed by atoms with Gasteiger partial charge in [-0.25, -0.2) is 9.67 Å². The summed E-state index contributed by atoms with van der Waals surface area (Å²) >= 11 is 0. The average molecular weight is 183 g/mol. The van der Waals surface area contributed by atoms with Gasteiger partial charge in [0.15, 0.2) is 0 Å². The van der Waals surface area contributed by atoms with Crippen molar-refractivity contribution >= 4 is 0 Å². The molecule has 1 unspecified atom stereocenters. The molecule has 0 spiro atoms. The molecule has 74 valence electrons. The number of nitrogens with zero attached hydrogens (tertiary/aromatic N) is 3. The van der Waals surface area contributed by atoms with Gasteiger partial charge in [-0.3, -0.25) is 11.3 Å². The quantitative estimate of drug-likeness (QED) is 0.518. The second-order valence-corrected chi connectivity index (χ2v) is 3.49. The standard InChI is InChI=1S/C8H17N5/c1-6(2)13-8(10-5-11-13)4-7(3)12-9/h5-7,12H,4,9H2,1-3H3. The van der Waals surface area contributed by atoms with Crippen molar-refractivity contribution in [1.29, 1.82) is 0 Å². The monoisotopic (exact) mass is 183 g/mol. The molecule has 1 atom stereocenters. The molecule has 1 heterocycles. The number of hydrogen-bond donors (Lipinski definition) is 2. The zero-order valence-corrected chi connectivity index (χ0v) is 8.36. The van der Waals surface area contributed by atoms with Gasteiger partial charge in [0.1, 0.15) is 12.2 Å². The van der Waals surface area contributed by atoms with Gasteiger partial charge in [-0.05, 0) is 20.8 Å². The van der Waals surface area contributed by atoms with Crippen LogP contribution >= 0.6 is 0 Å². The number of nitrogens with one attached hydrogen (secondary N) is 1. The van der Waals surface area contributed by atoms with Gasteiger partial charge in [-0.15, -0.1) is 0 Å². The van der Waals surface area contributed by atoms with E-state index in [1.165, 1.54) is 0 Å². The molecule has 0 radical (unpaired) electrons. The molecule has 0 aliphatic carbocycles. The predicted molar refractivity (Wildman–Crippen MR) is 50.9 cm³/mol. The molecule has 0 saturated heterocycles. The molecule has 0 aromatic carbocycles. The molecule has 5 nitrogen and oxygen atoms in total. The van der Waals surface area contributed by atoms with Crippen molar-refractivity contribution in [1.82, 2.24) is 20.2 Å². The second-order valence-electron chi connectivity index (χ2n) is 3.49. The Morgan fingerprint density at radius 2 is 2.23 bits per heavy atom. The highest BCUT2D eigenvalue weighted by Crippen LogP contribution is 2.06. The lowest BCUT2D eigenvalue weighted by Crippen LogP contribution is -2.35. The van der Waals surface area contributed by atoms with Gasteiger partial charge in [-0.1, -0.05) is 0 Å². The lowest BCUT2D eigenvalue weighted by atomic mass is 10.2. The molecule has 1 aromatic rings. The summed E-state index contributed by atoms with van der Waals surface area (Å²) in [4.78, 5) is 4.18. The smallest absolute Gasteiger partial charge is 0.138 e. The fraction of sp³-hybridized carbons (Fsp3) is 0.750. The molecule has 1 aromatic heterocycles. The minimum absolute atomic E-state index is 0.224. The lowest BCUT2D eigenvalue weighted by Gasteiger charge is -2.12. The highest BCUT2D eigenvalue weighted by Gasteiger charge is 2.10. The zero-order valence-electron chi connectivity index (χ0n) is 8.36. The number of hydrogen-bond acceptors (Lipinski definition) is 4. The van der Waals surface area contributed by atoms with Crippen LogP contribution in [0, 0.1) is 0 Å². The summed E-state index contributed by atoms with van der Waals surface area (Å²) in [5.41, 5.74) is 2.69. The summed E-state index contributed by atoms with van der Waals surface area (Å²) in [7, 11) is 0. The SMILES string of the molecule is CC(Cc1ncnn1C(C)C)NN. The largest absolute Gasteiger partial charge is 0.271 e. The minimum Gasteiger partial charge on any atom is -0.271 e. The Labute approximate surface area is 78.3 Å². The van der Waals surface area contributed by atoms with E-state index in [0.29, 0.717) is 6.04 Å². The van der Waals surface area contributed by atoms with Crippen LogP contribution in [0.25, 0.3) is 0 Å². The maximum Gasteiger partial charge on any atom is 0.138 e. The summed E-state index contributed by atoms with van der Waals surface area (Å²) in [6.07, 6.45) is 2.38. The van der Waals surface area contributed by atoms with Gasteiger partial charge in [0.2, 0.25) is 0 Å². The highest BCUT2D eigenvalue weighted by atomic mass is 15.3. The van der Waals surface area contributed by atoms with Crippen molar-refractivity contribution in [2.45, 2.75) is 39.3 Å². The number of nitrogens with two attached hydrogens (primary N) is 1. The minimum atomic E-state index is 0.224. The van der Waals surface area contributed by atoms with Gasteiger partial charge in [0.25, 0.3) is 0 Å². The van der Waals surface area contributed by atoms with E-state index in [9.17, 15) is 0 Å². The molecular weight excluding hydrogens is 166 g/mol. The first-order chi connectivity index (χ1) is 6.15. The molecule has 3 N–H and O–H groups in total. The summed E-state index contributed by atoms with van der Waals surface area (Å²) in [6, 6.07) is 0.573. The maximum atomic E-state index is 5.31. The van der Waals surface area contributed by atoms with Gasteiger partial charge in [-0.2, -0.15) is 5.10 Å². The molecule has 13 heavy (non-hydrogen) atoms. The molecule has 0 amide bonds. The first kappa shape index (κ1) is 10.1. The van der Waals surface area contributed by atoms with Gasteiger partial charge in [0, 0.05) is 18.5 Å². The van der Waals surface area contributed by atoms with Crippen LogP contribution in [0.15, 0.2) is 6.33 Å². The van der Waals surface area contributed by atoms with Gasteiger partial charge >= 0.3 is 0 Å². The first-order valence-corrected chi connectivity index (χ1v) is 4.49. The van der Waals surface area contributed by atoms with Crippen LogP contribution in [0.1, 0.15) is 32.6 Å². The predicted octanol–water partition coefficient (Wildman–Crippen LogP) is 0.253. The molecule has 1 rings (SSSR count). The molecule has 0 aliphatic rings. The third-order valence-corrected chi connectivity index (χ3v) is 1.91. The van der Waals surface area contributed by atoms with Crippen LogP contribution < -0.4 is 11.3 Å². The Bertz CT molecular complexity index is 255. The van der Waals surface area contributed by atoms with E-state index in [4.69, 9.17) is 5.84 Å². The van der Waals surface area contributed by atoms with Crippen molar-refractivity contribution < 1.29 is 0 Å². The number of aromatic nitrogens is 3. The highest BCUT2D eigenvalue weighted by molar-refractivity contribution is 4.89. The molecule has 0 fully saturated rings. The third kappa shape index (κ3) is 2.50. The van der Waals surface area contributed by atoms with E-state index >= 15 is 0 Å². The van der Waals surface area contributed by atoms with Crippen molar-refractivity contribution in [3.8, 4) is 0 Å². The van der Waals surface area contributed by atoms with Gasteiger partial charge in [0.05, 0.1) is 0 Å². The van der Waals surface area contributed by atoms with Crippen molar-refractivity contribution in [2.24, 2.45) is 5.84 Å². The summed E-state index contributed by atoms with van der Waals surface area (Å²) in [5.74, 6) is 6.28. The first-order valence-electron chi connectivity index (χ1n) is 4.49. The van der Waals surface area contributed by atoms with Crippen LogP contribution in [0.5, 0.6) is 0 Å². The summed E-state index contributed by atoms with van der Waals surface area (Å²) in [6.45, 7) is 6.18. The molecule has 0 bridgehead atoms. The van der Waals surface area contributed by atoms with Crippen molar-refractivity contribution in [3.63, 3.8) is 0 Å². The molecule has 5 heteroatoms. The summed E-state index contributed by atoms with van der Waals surface area (Å²) < 4.78 is 1.91. The average Bonchev–Trinajstić information content (AvgIpc) is 2.52. The van der Waals surface area contributed by atoms with E-state index in [1.807, 2.05) is 11.6 Å². The fourth-order valence-electron chi connectivity index (χ4n) is 1.18. The van der Waals surface area contributed by atoms with Gasteiger partial charge < -0.3 is 0 Å². The van der Waals surface area contributed by atoms with E-state index in [0.717, 1.165) is 12.2 Å². The van der Waals surface area contributed by atoms with E-state index in [2.05, 4.69) is 29.4 Å². The normalized spacial score (nSPS) is 13.6. The van der Waals surface area contributed by atoms with Crippen molar-refractivity contribution in [3.05, 3.63) is 12.2 Å². The maximum absolute atomic E-state index is 5.31. The van der Waals surface area contributed by atoms with Crippen molar-refractivity contribution in [2.75, 3.05) is 0 Å². The second kappa shape index (κ2) is 4.34. The fourth-order valence-corrected chi connectivity index (χ4v) is 1.18. The molecule has 0 aliphatic heterocycles. The summed E-state index contributed by atoms with van der Waals surface area (Å²) in [5, 5.41) is 4.14. The van der Waals surface area contributed by atoms with E-state index in [1.54, 1.807) is 6.33 Å². The zero-order chi connectivity index (χ0) is 9.84. The number of rotatable bonds is 4. The van der Waals surface area contributed by atoms with E-state index < -0.39 is 0 Å². The van der Waals surface area contributed by atoms with Crippen LogP contribution in [0.3, 0.4) is 0 Å². The Morgan fingerprint density at radius 3 is 2.77 bits per heavy atom. The van der Waals surface area contributed by atoms with Crippen LogP contribution in [0.4, 0.5) is 0 Å². The molecular formula is C8H17N5. The Morgan fingerprint density at radius 1 is 1.54 bits per heavy atom. The van der Waals surface area contributed by atoms with Crippen LogP contribution in [0.2, 0.25) is 0 Å². The topological polar surface area (TPSA) is 68.8 Å². The number of hydrazine groups is 1. The Hall–Kier alpha value is -0.940. The molecule has 0 saturated carbocycles. The van der Waals surface area contributed by atoms with Crippen LogP contribution in [-0.4, -0.2) is 20.8 Å². The van der Waals surface area contributed by atoms with E-state index in [-0.39, 0.29) is 6.04 Å². The Balaban J connectivity index is 2.70. The third-order valence-electron chi connectivity index (χ3n) is 1.91. The Kier molecular flexibility index (Phi) is 3.39. The lowest BCUT2D eigenvalue weighted by molar-refractivity contribution is 0.474. The van der Waals surface area contributed by atoms with Crippen LogP contribution in [-0.2, 0) is 6.42 Å².